The van der Waals surface area contributed by atoms with Gasteiger partial charge < -0.3 is 0 Å². The van der Waals surface area contributed by atoms with Crippen LogP contribution in [0.2, 0.25) is 0 Å². The monoisotopic (exact) mass is 259 g/mol. The van der Waals surface area contributed by atoms with Gasteiger partial charge in [0.25, 0.3) is 0 Å². The van der Waals surface area contributed by atoms with E-state index in [1.807, 2.05) is 12.1 Å². The van der Waals surface area contributed by atoms with Crippen LogP contribution in [0.25, 0.3) is 0 Å². The maximum Gasteiger partial charge on any atom is 0.176 e. The van der Waals surface area contributed by atoms with Gasteiger partial charge in [0, 0.05) is 11.6 Å². The highest BCUT2D eigenvalue weighted by Crippen LogP contribution is 2.20. The van der Waals surface area contributed by atoms with Crippen molar-refractivity contribution < 1.29 is 4.79 Å². The van der Waals surface area contributed by atoms with E-state index in [4.69, 9.17) is 0 Å². The van der Waals surface area contributed by atoms with Crippen molar-refractivity contribution in [1.29, 1.82) is 0 Å². The lowest BCUT2D eigenvalue weighted by atomic mass is 9.98. The van der Waals surface area contributed by atoms with Crippen molar-refractivity contribution in [1.82, 2.24) is 4.90 Å². The molecule has 1 unspecified atom stereocenters. The SMILES string of the molecule is CCC1CCCCN1CC(=O)c1ccc(C)c(C)c1. The molecule has 2 heteroatoms. The molecule has 2 nitrogen and oxygen atoms in total. The van der Waals surface area contributed by atoms with Crippen molar-refractivity contribution in [3.63, 3.8) is 0 Å². The molecule has 0 spiro atoms. The normalized spacial score (nSPS) is 20.5. The number of aryl methyl sites for hydroxylation is 2. The summed E-state index contributed by atoms with van der Waals surface area (Å²) in [5, 5.41) is 0. The number of Topliss-reactive ketones (excluding diaryl/α,β-unsaturated/α-hetero) is 1. The molecule has 1 fully saturated rings. The van der Waals surface area contributed by atoms with E-state index in [-0.39, 0.29) is 5.78 Å². The van der Waals surface area contributed by atoms with Crippen molar-refractivity contribution in [3.8, 4) is 0 Å². The van der Waals surface area contributed by atoms with E-state index >= 15 is 0 Å². The molecule has 0 aliphatic carbocycles. The van der Waals surface area contributed by atoms with Crippen molar-refractivity contribution in [2.45, 2.75) is 52.5 Å². The first kappa shape index (κ1) is 14.3. The molecular weight excluding hydrogens is 234 g/mol. The molecule has 0 radical (unpaired) electrons. The smallest absolute Gasteiger partial charge is 0.176 e. The summed E-state index contributed by atoms with van der Waals surface area (Å²) in [6.07, 6.45) is 4.94. The molecule has 0 aromatic heterocycles. The molecule has 0 N–H and O–H groups in total. The van der Waals surface area contributed by atoms with Crippen LogP contribution in [0.5, 0.6) is 0 Å². The Labute approximate surface area is 116 Å². The number of ketones is 1. The summed E-state index contributed by atoms with van der Waals surface area (Å²) in [5.74, 6) is 0.267. The van der Waals surface area contributed by atoms with Gasteiger partial charge in [-0.2, -0.15) is 0 Å². The van der Waals surface area contributed by atoms with Gasteiger partial charge in [-0.15, -0.1) is 0 Å². The molecule has 1 aromatic carbocycles. The van der Waals surface area contributed by atoms with Gasteiger partial charge in [0.2, 0.25) is 0 Å². The molecule has 1 aliphatic heterocycles. The molecule has 1 aliphatic rings. The van der Waals surface area contributed by atoms with Gasteiger partial charge in [-0.05, 0) is 56.8 Å². The largest absolute Gasteiger partial charge is 0.293 e. The number of nitrogens with zero attached hydrogens (tertiary/aromatic N) is 1. The van der Waals surface area contributed by atoms with Crippen LogP contribution in [-0.2, 0) is 0 Å². The average Bonchev–Trinajstić information content (AvgIpc) is 2.42. The number of hydrogen-bond acceptors (Lipinski definition) is 2. The Morgan fingerprint density at radius 2 is 2.05 bits per heavy atom. The molecule has 0 saturated carbocycles. The van der Waals surface area contributed by atoms with Crippen LogP contribution in [0.3, 0.4) is 0 Å². The van der Waals surface area contributed by atoms with E-state index in [0.717, 1.165) is 18.5 Å². The Kier molecular flexibility index (Phi) is 4.76. The molecule has 19 heavy (non-hydrogen) atoms. The lowest BCUT2D eigenvalue weighted by molar-refractivity contribution is 0.0838. The molecule has 1 aromatic rings. The minimum atomic E-state index is 0.267. The summed E-state index contributed by atoms with van der Waals surface area (Å²) in [4.78, 5) is 14.8. The summed E-state index contributed by atoms with van der Waals surface area (Å²) in [7, 11) is 0. The minimum absolute atomic E-state index is 0.267. The molecule has 0 amide bonds. The zero-order chi connectivity index (χ0) is 13.8. The van der Waals surface area contributed by atoms with Crippen LogP contribution in [0.4, 0.5) is 0 Å². The van der Waals surface area contributed by atoms with Crippen molar-refractivity contribution in [2.24, 2.45) is 0 Å². The quantitative estimate of drug-likeness (QED) is 0.768. The number of likely N-dealkylation sites (tertiary alicyclic amines) is 1. The maximum absolute atomic E-state index is 12.4. The lowest BCUT2D eigenvalue weighted by Crippen LogP contribution is -2.42. The predicted molar refractivity (Wildman–Crippen MR) is 79.7 cm³/mol. The summed E-state index contributed by atoms with van der Waals surface area (Å²) in [6.45, 7) is 8.04. The minimum Gasteiger partial charge on any atom is -0.293 e. The number of benzene rings is 1. The fourth-order valence-corrected chi connectivity index (χ4v) is 2.92. The Morgan fingerprint density at radius 1 is 1.26 bits per heavy atom. The summed E-state index contributed by atoms with van der Waals surface area (Å²) < 4.78 is 0. The second-order valence-electron chi connectivity index (χ2n) is 5.75. The molecule has 1 heterocycles. The van der Waals surface area contributed by atoms with Crippen molar-refractivity contribution in [2.75, 3.05) is 13.1 Å². The van der Waals surface area contributed by atoms with Gasteiger partial charge in [0.05, 0.1) is 6.54 Å². The molecule has 1 atom stereocenters. The number of rotatable bonds is 4. The van der Waals surface area contributed by atoms with Crippen LogP contribution in [0.1, 0.15) is 54.1 Å². The van der Waals surface area contributed by atoms with Gasteiger partial charge in [-0.25, -0.2) is 0 Å². The number of carbonyl (C=O) groups excluding carboxylic acids is 1. The fourth-order valence-electron chi connectivity index (χ4n) is 2.92. The van der Waals surface area contributed by atoms with E-state index in [2.05, 4.69) is 31.7 Å². The molecule has 0 bridgehead atoms. The van der Waals surface area contributed by atoms with Gasteiger partial charge in [-0.3, -0.25) is 9.69 Å². The molecule has 1 saturated heterocycles. The Hall–Kier alpha value is -1.15. The van der Waals surface area contributed by atoms with Crippen LogP contribution >= 0.6 is 0 Å². The first-order valence-electron chi connectivity index (χ1n) is 7.46. The van der Waals surface area contributed by atoms with Gasteiger partial charge in [-0.1, -0.05) is 25.5 Å². The second-order valence-corrected chi connectivity index (χ2v) is 5.75. The number of hydrogen-bond donors (Lipinski definition) is 0. The van der Waals surface area contributed by atoms with Gasteiger partial charge in [0.1, 0.15) is 0 Å². The highest BCUT2D eigenvalue weighted by molar-refractivity contribution is 5.97. The second kappa shape index (κ2) is 6.33. The molecule has 2 rings (SSSR count). The summed E-state index contributed by atoms with van der Waals surface area (Å²) in [6, 6.07) is 6.65. The third-order valence-corrected chi connectivity index (χ3v) is 4.40. The van der Waals surface area contributed by atoms with Gasteiger partial charge in [0.15, 0.2) is 5.78 Å². The molecular formula is C17H25NO. The van der Waals surface area contributed by atoms with Crippen molar-refractivity contribution >= 4 is 5.78 Å². The Morgan fingerprint density at radius 3 is 2.74 bits per heavy atom. The van der Waals surface area contributed by atoms with Crippen LogP contribution in [0, 0.1) is 13.8 Å². The zero-order valence-corrected chi connectivity index (χ0v) is 12.4. The highest BCUT2D eigenvalue weighted by Gasteiger charge is 2.23. The topological polar surface area (TPSA) is 20.3 Å². The third kappa shape index (κ3) is 3.44. The maximum atomic E-state index is 12.4. The Bertz CT molecular complexity index is 453. The van der Waals surface area contributed by atoms with E-state index in [1.165, 1.54) is 30.4 Å². The van der Waals surface area contributed by atoms with E-state index in [0.29, 0.717) is 12.6 Å². The highest BCUT2D eigenvalue weighted by atomic mass is 16.1. The summed E-state index contributed by atoms with van der Waals surface area (Å²) >= 11 is 0. The number of carbonyl (C=O) groups is 1. The van der Waals surface area contributed by atoms with Crippen LogP contribution in [-0.4, -0.2) is 29.8 Å². The van der Waals surface area contributed by atoms with Crippen molar-refractivity contribution in [3.05, 3.63) is 34.9 Å². The lowest BCUT2D eigenvalue weighted by Gasteiger charge is -2.34. The van der Waals surface area contributed by atoms with Gasteiger partial charge >= 0.3 is 0 Å². The standard InChI is InChI=1S/C17H25NO/c1-4-16-7-5-6-10-18(16)12-17(19)15-9-8-13(2)14(3)11-15/h8-9,11,16H,4-7,10,12H2,1-3H3. The first-order valence-corrected chi connectivity index (χ1v) is 7.46. The molecule has 104 valence electrons. The van der Waals surface area contributed by atoms with E-state index in [9.17, 15) is 4.79 Å². The number of piperidine rings is 1. The Balaban J connectivity index is 2.05. The van der Waals surface area contributed by atoms with Crippen LogP contribution < -0.4 is 0 Å². The average molecular weight is 259 g/mol. The predicted octanol–water partition coefficient (Wildman–Crippen LogP) is 3.75. The fraction of sp³-hybridized carbons (Fsp3) is 0.588. The first-order chi connectivity index (χ1) is 9.11. The third-order valence-electron chi connectivity index (χ3n) is 4.40. The van der Waals surface area contributed by atoms with Crippen LogP contribution in [0.15, 0.2) is 18.2 Å². The summed E-state index contributed by atoms with van der Waals surface area (Å²) in [5.41, 5.74) is 3.32. The van der Waals surface area contributed by atoms with E-state index < -0.39 is 0 Å². The van der Waals surface area contributed by atoms with E-state index in [1.54, 1.807) is 0 Å². The zero-order valence-electron chi connectivity index (χ0n) is 12.4.